The molecule has 3 heterocycles. The Kier molecular flexibility index (Phi) is 8.13. The van der Waals surface area contributed by atoms with Gasteiger partial charge in [-0.1, -0.05) is 6.92 Å². The molecule has 0 aliphatic heterocycles. The average molecular weight is 528 g/mol. The fourth-order valence-corrected chi connectivity index (χ4v) is 5.97. The lowest BCUT2D eigenvalue weighted by molar-refractivity contribution is 0.221. The molecular formula is C26H37N7O3S. The van der Waals surface area contributed by atoms with Crippen LogP contribution in [-0.4, -0.2) is 64.8 Å². The van der Waals surface area contributed by atoms with Crippen LogP contribution in [0.3, 0.4) is 0 Å². The molecule has 0 radical (unpaired) electrons. The first-order valence-electron chi connectivity index (χ1n) is 12.9. The monoisotopic (exact) mass is 527 g/mol. The van der Waals surface area contributed by atoms with Gasteiger partial charge in [-0.05, 0) is 78.2 Å². The van der Waals surface area contributed by atoms with Crippen molar-refractivity contribution in [2.45, 2.75) is 71.0 Å². The molecule has 3 aromatic rings. The Morgan fingerprint density at radius 3 is 2.43 bits per heavy atom. The Morgan fingerprint density at radius 2 is 1.84 bits per heavy atom. The van der Waals surface area contributed by atoms with Crippen LogP contribution in [0.5, 0.6) is 0 Å². The molecule has 10 nitrogen and oxygen atoms in total. The molecule has 3 aromatic heterocycles. The first-order chi connectivity index (χ1) is 17.6. The van der Waals surface area contributed by atoms with E-state index in [0.717, 1.165) is 31.1 Å². The largest absolute Gasteiger partial charge is 0.351 e. The third-order valence-corrected chi connectivity index (χ3v) is 8.32. The van der Waals surface area contributed by atoms with E-state index in [1.165, 1.54) is 6.20 Å². The van der Waals surface area contributed by atoms with Gasteiger partial charge in [0.25, 0.3) is 5.56 Å². The van der Waals surface area contributed by atoms with Crippen LogP contribution < -0.4 is 15.6 Å². The molecule has 1 fully saturated rings. The summed E-state index contributed by atoms with van der Waals surface area (Å²) in [6.07, 6.45) is 8.14. The fourth-order valence-electron chi connectivity index (χ4n) is 4.89. The SMILES string of the molecule is CCCS(=O)(=O)Nc1ccc(-c2cc3cnc(N[C@H]4CC[C@H](N(C)C)CC4)nc3n(C(C)C)c2=O)cn1. The highest BCUT2D eigenvalue weighted by molar-refractivity contribution is 7.92. The predicted molar refractivity (Wildman–Crippen MR) is 148 cm³/mol. The minimum absolute atomic E-state index is 0.0222. The maximum atomic E-state index is 13.6. The zero-order chi connectivity index (χ0) is 26.7. The van der Waals surface area contributed by atoms with Crippen molar-refractivity contribution in [3.05, 3.63) is 40.9 Å². The highest BCUT2D eigenvalue weighted by Gasteiger charge is 2.23. The van der Waals surface area contributed by atoms with E-state index < -0.39 is 10.0 Å². The van der Waals surface area contributed by atoms with Crippen molar-refractivity contribution in [2.75, 3.05) is 29.9 Å². The van der Waals surface area contributed by atoms with E-state index in [0.29, 0.717) is 41.2 Å². The van der Waals surface area contributed by atoms with Crippen molar-refractivity contribution in [1.29, 1.82) is 0 Å². The van der Waals surface area contributed by atoms with Crippen LogP contribution in [0.15, 0.2) is 35.4 Å². The quantitative estimate of drug-likeness (QED) is 0.430. The molecule has 0 bridgehead atoms. The summed E-state index contributed by atoms with van der Waals surface area (Å²) in [5.74, 6) is 0.780. The second kappa shape index (κ2) is 11.1. The average Bonchev–Trinajstić information content (AvgIpc) is 2.84. The van der Waals surface area contributed by atoms with E-state index in [1.54, 1.807) is 35.9 Å². The van der Waals surface area contributed by atoms with Gasteiger partial charge < -0.3 is 10.2 Å². The van der Waals surface area contributed by atoms with Gasteiger partial charge in [0.1, 0.15) is 11.5 Å². The number of pyridine rings is 2. The number of hydrogen-bond donors (Lipinski definition) is 2. The molecule has 4 rings (SSSR count). The van der Waals surface area contributed by atoms with Crippen LogP contribution in [0.2, 0.25) is 0 Å². The number of fused-ring (bicyclic) bond motifs is 1. The molecule has 0 aromatic carbocycles. The molecule has 37 heavy (non-hydrogen) atoms. The molecule has 2 N–H and O–H groups in total. The van der Waals surface area contributed by atoms with Gasteiger partial charge in [0.15, 0.2) is 0 Å². The number of anilines is 2. The summed E-state index contributed by atoms with van der Waals surface area (Å²) in [4.78, 5) is 29.4. The zero-order valence-corrected chi connectivity index (χ0v) is 23.0. The molecule has 11 heteroatoms. The van der Waals surface area contributed by atoms with Gasteiger partial charge in [-0.2, -0.15) is 4.98 Å². The zero-order valence-electron chi connectivity index (χ0n) is 22.2. The van der Waals surface area contributed by atoms with Gasteiger partial charge in [-0.3, -0.25) is 14.1 Å². The van der Waals surface area contributed by atoms with Gasteiger partial charge in [-0.25, -0.2) is 18.4 Å². The number of nitrogens with one attached hydrogen (secondary N) is 2. The van der Waals surface area contributed by atoms with Crippen molar-refractivity contribution in [3.8, 4) is 11.1 Å². The topological polar surface area (TPSA) is 122 Å². The third kappa shape index (κ3) is 6.27. The Labute approximate surface area is 218 Å². The van der Waals surface area contributed by atoms with Crippen molar-refractivity contribution >= 4 is 32.8 Å². The van der Waals surface area contributed by atoms with Crippen molar-refractivity contribution in [2.24, 2.45) is 0 Å². The second-order valence-electron chi connectivity index (χ2n) is 10.3. The van der Waals surface area contributed by atoms with Gasteiger partial charge >= 0.3 is 0 Å². The maximum Gasteiger partial charge on any atom is 0.260 e. The standard InChI is InChI=1S/C26H37N7O3S/c1-6-13-37(35,36)31-23-12-7-18(15-27-23)22-14-19-16-28-26(30-24(19)33(17(2)3)25(22)34)29-20-8-10-21(11-9-20)32(4)5/h7,12,14-17,20-21H,6,8-11,13H2,1-5H3,(H,27,31)(H,28,29,30)/t20-,21-. The van der Waals surface area contributed by atoms with E-state index in [-0.39, 0.29) is 23.2 Å². The first-order valence-corrected chi connectivity index (χ1v) is 14.6. The van der Waals surface area contributed by atoms with Gasteiger partial charge in [0.2, 0.25) is 16.0 Å². The summed E-state index contributed by atoms with van der Waals surface area (Å²) in [5, 5.41) is 4.22. The van der Waals surface area contributed by atoms with E-state index in [9.17, 15) is 13.2 Å². The summed E-state index contributed by atoms with van der Waals surface area (Å²) in [6, 6.07) is 5.85. The van der Waals surface area contributed by atoms with Crippen LogP contribution in [0.1, 0.15) is 58.9 Å². The molecule has 0 spiro atoms. The lowest BCUT2D eigenvalue weighted by Crippen LogP contribution is -2.36. The first kappa shape index (κ1) is 27.0. The molecule has 1 aliphatic carbocycles. The van der Waals surface area contributed by atoms with Crippen molar-refractivity contribution in [3.63, 3.8) is 0 Å². The Hall–Kier alpha value is -3.05. The summed E-state index contributed by atoms with van der Waals surface area (Å²) < 4.78 is 28.2. The number of rotatable bonds is 9. The highest BCUT2D eigenvalue weighted by atomic mass is 32.2. The number of aromatic nitrogens is 4. The molecule has 0 unspecified atom stereocenters. The Balaban J connectivity index is 1.62. The summed E-state index contributed by atoms with van der Waals surface area (Å²) in [5.41, 5.74) is 1.46. The molecule has 200 valence electrons. The Bertz CT molecular complexity index is 1390. The van der Waals surface area contributed by atoms with Crippen LogP contribution in [0.25, 0.3) is 22.2 Å². The van der Waals surface area contributed by atoms with Gasteiger partial charge in [0, 0.05) is 47.0 Å². The minimum Gasteiger partial charge on any atom is -0.351 e. The van der Waals surface area contributed by atoms with Crippen molar-refractivity contribution < 1.29 is 8.42 Å². The van der Waals surface area contributed by atoms with Crippen LogP contribution in [-0.2, 0) is 10.0 Å². The van der Waals surface area contributed by atoms with E-state index in [1.807, 2.05) is 13.8 Å². The molecule has 1 saturated carbocycles. The van der Waals surface area contributed by atoms with Crippen LogP contribution in [0, 0.1) is 0 Å². The lowest BCUT2D eigenvalue weighted by atomic mass is 9.91. The van der Waals surface area contributed by atoms with Crippen molar-refractivity contribution in [1.82, 2.24) is 24.4 Å². The number of sulfonamides is 1. The molecular weight excluding hydrogens is 490 g/mol. The molecule has 0 amide bonds. The smallest absolute Gasteiger partial charge is 0.260 e. The molecule has 0 saturated heterocycles. The van der Waals surface area contributed by atoms with E-state index in [4.69, 9.17) is 4.98 Å². The minimum atomic E-state index is -3.44. The van der Waals surface area contributed by atoms with E-state index >= 15 is 0 Å². The summed E-state index contributed by atoms with van der Waals surface area (Å²) in [7, 11) is 0.816. The fraction of sp³-hybridized carbons (Fsp3) is 0.538. The second-order valence-corrected chi connectivity index (χ2v) is 12.1. The number of hydrogen-bond acceptors (Lipinski definition) is 8. The number of nitrogens with zero attached hydrogens (tertiary/aromatic N) is 5. The summed E-state index contributed by atoms with van der Waals surface area (Å²) >= 11 is 0. The highest BCUT2D eigenvalue weighted by Crippen LogP contribution is 2.26. The third-order valence-electron chi connectivity index (χ3n) is 6.86. The lowest BCUT2D eigenvalue weighted by Gasteiger charge is -2.33. The normalized spacial score (nSPS) is 18.5. The summed E-state index contributed by atoms with van der Waals surface area (Å²) in [6.45, 7) is 5.70. The molecule has 1 aliphatic rings. The van der Waals surface area contributed by atoms with E-state index in [2.05, 4.69) is 39.0 Å². The maximum absolute atomic E-state index is 13.6. The molecule has 0 atom stereocenters. The van der Waals surface area contributed by atoms with Crippen LogP contribution in [0.4, 0.5) is 11.8 Å². The van der Waals surface area contributed by atoms with Gasteiger partial charge in [0.05, 0.1) is 5.75 Å². The predicted octanol–water partition coefficient (Wildman–Crippen LogP) is 3.87. The van der Waals surface area contributed by atoms with Gasteiger partial charge in [-0.15, -0.1) is 0 Å². The Morgan fingerprint density at radius 1 is 1.11 bits per heavy atom. The van der Waals surface area contributed by atoms with Crippen LogP contribution >= 0.6 is 0 Å².